The summed E-state index contributed by atoms with van der Waals surface area (Å²) in [5.74, 6) is -0.0893. The molecule has 110 valence electrons. The van der Waals surface area contributed by atoms with Gasteiger partial charge in [-0.3, -0.25) is 4.79 Å². The van der Waals surface area contributed by atoms with Crippen molar-refractivity contribution >= 4 is 5.91 Å². The first-order valence-electron chi connectivity index (χ1n) is 6.80. The molecular formula is C15H20FNO3. The maximum Gasteiger partial charge on any atom is 0.261 e. The topological polar surface area (TPSA) is 58.6 Å². The third kappa shape index (κ3) is 3.48. The van der Waals surface area contributed by atoms with Crippen LogP contribution >= 0.6 is 0 Å². The molecule has 0 saturated heterocycles. The maximum atomic E-state index is 13.0. The van der Waals surface area contributed by atoms with Gasteiger partial charge in [0.2, 0.25) is 0 Å². The van der Waals surface area contributed by atoms with Gasteiger partial charge in [0.15, 0.2) is 6.10 Å². The monoisotopic (exact) mass is 281 g/mol. The van der Waals surface area contributed by atoms with E-state index < -0.39 is 17.5 Å². The Bertz CT molecular complexity index is 490. The summed E-state index contributed by atoms with van der Waals surface area (Å²) in [5.41, 5.74) is -0.601. The Hall–Kier alpha value is -1.62. The Kier molecular flexibility index (Phi) is 4.28. The van der Waals surface area contributed by atoms with E-state index in [2.05, 4.69) is 5.32 Å². The third-order valence-corrected chi connectivity index (χ3v) is 3.69. The molecule has 2 atom stereocenters. The zero-order valence-electron chi connectivity index (χ0n) is 11.7. The van der Waals surface area contributed by atoms with Crippen molar-refractivity contribution in [3.8, 4) is 5.75 Å². The lowest BCUT2D eigenvalue weighted by Gasteiger charge is -2.30. The summed E-state index contributed by atoms with van der Waals surface area (Å²) in [6.45, 7) is 3.33. The van der Waals surface area contributed by atoms with Crippen LogP contribution in [-0.2, 0) is 4.79 Å². The van der Waals surface area contributed by atoms with Gasteiger partial charge in [-0.15, -0.1) is 0 Å². The second-order valence-electron chi connectivity index (χ2n) is 5.56. The average molecular weight is 281 g/mol. The van der Waals surface area contributed by atoms with Crippen LogP contribution in [0.25, 0.3) is 0 Å². The number of hydrogen-bond acceptors (Lipinski definition) is 3. The van der Waals surface area contributed by atoms with E-state index >= 15 is 0 Å². The number of amides is 1. The molecule has 20 heavy (non-hydrogen) atoms. The minimum absolute atomic E-state index is 0.101. The Morgan fingerprint density at radius 2 is 2.30 bits per heavy atom. The molecule has 2 unspecified atom stereocenters. The highest BCUT2D eigenvalue weighted by Crippen LogP contribution is 2.39. The second kappa shape index (κ2) is 5.79. The number of ether oxygens (including phenoxy) is 1. The fourth-order valence-electron chi connectivity index (χ4n) is 2.17. The van der Waals surface area contributed by atoms with Crippen molar-refractivity contribution in [1.82, 2.24) is 5.32 Å². The summed E-state index contributed by atoms with van der Waals surface area (Å²) in [6, 6.07) is 5.67. The van der Waals surface area contributed by atoms with Crippen LogP contribution in [-0.4, -0.2) is 29.3 Å². The molecule has 1 amide bonds. The van der Waals surface area contributed by atoms with Gasteiger partial charge in [0.1, 0.15) is 11.6 Å². The molecule has 1 aliphatic carbocycles. The molecule has 0 aliphatic heterocycles. The summed E-state index contributed by atoms with van der Waals surface area (Å²) in [6.07, 6.45) is 1.27. The maximum absolute atomic E-state index is 13.0. The Labute approximate surface area is 117 Å². The van der Waals surface area contributed by atoms with Crippen LogP contribution < -0.4 is 10.1 Å². The van der Waals surface area contributed by atoms with Crippen molar-refractivity contribution in [2.45, 2.75) is 38.3 Å². The first-order valence-corrected chi connectivity index (χ1v) is 6.80. The molecule has 0 spiro atoms. The zero-order chi connectivity index (χ0) is 14.8. The van der Waals surface area contributed by atoms with E-state index in [1.54, 1.807) is 13.0 Å². The number of benzene rings is 1. The number of aliphatic hydroxyl groups excluding tert-OH is 1. The van der Waals surface area contributed by atoms with E-state index in [9.17, 15) is 14.3 Å². The summed E-state index contributed by atoms with van der Waals surface area (Å²) in [5, 5.41) is 12.3. The molecular weight excluding hydrogens is 261 g/mol. The lowest BCUT2D eigenvalue weighted by atomic mass is 9.96. The zero-order valence-corrected chi connectivity index (χ0v) is 11.7. The van der Waals surface area contributed by atoms with E-state index in [1.165, 1.54) is 18.2 Å². The van der Waals surface area contributed by atoms with Crippen LogP contribution in [0.4, 0.5) is 4.39 Å². The van der Waals surface area contributed by atoms with Gasteiger partial charge in [0.05, 0.1) is 12.1 Å². The summed E-state index contributed by atoms with van der Waals surface area (Å²) >= 11 is 0. The van der Waals surface area contributed by atoms with Gasteiger partial charge in [0.25, 0.3) is 5.91 Å². The van der Waals surface area contributed by atoms with Crippen LogP contribution in [0.2, 0.25) is 0 Å². The molecule has 5 heteroatoms. The quantitative estimate of drug-likeness (QED) is 0.837. The van der Waals surface area contributed by atoms with E-state index in [-0.39, 0.29) is 12.5 Å². The van der Waals surface area contributed by atoms with E-state index in [0.29, 0.717) is 11.7 Å². The van der Waals surface area contributed by atoms with Gasteiger partial charge in [-0.05, 0) is 44.7 Å². The fraction of sp³-hybridized carbons (Fsp3) is 0.533. The molecule has 4 nitrogen and oxygen atoms in total. The van der Waals surface area contributed by atoms with Gasteiger partial charge in [-0.2, -0.15) is 0 Å². The highest BCUT2D eigenvalue weighted by atomic mass is 19.1. The average Bonchev–Trinajstić information content (AvgIpc) is 3.23. The lowest BCUT2D eigenvalue weighted by Crippen LogP contribution is -2.54. The number of halogens is 1. The van der Waals surface area contributed by atoms with E-state index in [1.807, 2.05) is 6.92 Å². The Morgan fingerprint density at radius 3 is 2.85 bits per heavy atom. The lowest BCUT2D eigenvalue weighted by molar-refractivity contribution is -0.130. The number of hydrogen-bond donors (Lipinski definition) is 2. The smallest absolute Gasteiger partial charge is 0.261 e. The summed E-state index contributed by atoms with van der Waals surface area (Å²) < 4.78 is 18.5. The number of aliphatic hydroxyl groups is 1. The molecule has 1 aromatic carbocycles. The highest BCUT2D eigenvalue weighted by Gasteiger charge is 2.42. The Balaban J connectivity index is 1.95. The molecule has 0 radical (unpaired) electrons. The van der Waals surface area contributed by atoms with Crippen LogP contribution in [0.1, 0.15) is 26.7 Å². The molecule has 0 aromatic heterocycles. The van der Waals surface area contributed by atoms with Crippen molar-refractivity contribution in [3.63, 3.8) is 0 Å². The van der Waals surface area contributed by atoms with Crippen molar-refractivity contribution < 1.29 is 19.0 Å². The van der Waals surface area contributed by atoms with Crippen LogP contribution in [0.5, 0.6) is 5.75 Å². The normalized spacial score (nSPS) is 19.0. The van der Waals surface area contributed by atoms with Crippen molar-refractivity contribution in [1.29, 1.82) is 0 Å². The van der Waals surface area contributed by atoms with Crippen molar-refractivity contribution in [2.24, 2.45) is 5.92 Å². The van der Waals surface area contributed by atoms with Gasteiger partial charge in [-0.1, -0.05) is 6.07 Å². The summed E-state index contributed by atoms with van der Waals surface area (Å²) in [7, 11) is 0. The van der Waals surface area contributed by atoms with Gasteiger partial charge in [0, 0.05) is 6.07 Å². The molecule has 0 bridgehead atoms. The highest BCUT2D eigenvalue weighted by molar-refractivity contribution is 5.81. The molecule has 2 rings (SSSR count). The fourth-order valence-corrected chi connectivity index (χ4v) is 2.17. The SMILES string of the molecule is CC(Oc1cccc(F)c1)C(=O)NC(C)(CO)C1CC1. The first-order chi connectivity index (χ1) is 9.44. The molecule has 1 aromatic rings. The molecule has 1 fully saturated rings. The predicted molar refractivity (Wildman–Crippen MR) is 72.8 cm³/mol. The van der Waals surface area contributed by atoms with E-state index in [0.717, 1.165) is 12.8 Å². The summed E-state index contributed by atoms with van der Waals surface area (Å²) in [4.78, 5) is 12.1. The minimum atomic E-state index is -0.749. The largest absolute Gasteiger partial charge is 0.481 e. The first kappa shape index (κ1) is 14.8. The van der Waals surface area contributed by atoms with Gasteiger partial charge < -0.3 is 15.2 Å². The minimum Gasteiger partial charge on any atom is -0.481 e. The Morgan fingerprint density at radius 1 is 1.60 bits per heavy atom. The molecule has 0 heterocycles. The van der Waals surface area contributed by atoms with Crippen molar-refractivity contribution in [3.05, 3.63) is 30.1 Å². The van der Waals surface area contributed by atoms with Crippen LogP contribution in [0.15, 0.2) is 24.3 Å². The number of rotatable bonds is 6. The number of nitrogens with one attached hydrogen (secondary N) is 1. The molecule has 2 N–H and O–H groups in total. The molecule has 1 aliphatic rings. The molecule has 1 saturated carbocycles. The van der Waals surface area contributed by atoms with E-state index in [4.69, 9.17) is 4.74 Å². The predicted octanol–water partition coefficient (Wildman–Crippen LogP) is 1.87. The second-order valence-corrected chi connectivity index (χ2v) is 5.56. The third-order valence-electron chi connectivity index (χ3n) is 3.69. The van der Waals surface area contributed by atoms with Crippen LogP contribution in [0, 0.1) is 11.7 Å². The van der Waals surface area contributed by atoms with Gasteiger partial charge in [-0.25, -0.2) is 4.39 Å². The van der Waals surface area contributed by atoms with Gasteiger partial charge >= 0.3 is 0 Å². The number of carbonyl (C=O) groups excluding carboxylic acids is 1. The van der Waals surface area contributed by atoms with Crippen molar-refractivity contribution in [2.75, 3.05) is 6.61 Å². The standard InChI is InChI=1S/C15H20FNO3/c1-10(20-13-5-3-4-12(16)8-13)14(19)17-15(2,9-18)11-6-7-11/h3-5,8,10-11,18H,6-7,9H2,1-2H3,(H,17,19). The number of carbonyl (C=O) groups is 1. The van der Waals surface area contributed by atoms with Crippen LogP contribution in [0.3, 0.4) is 0 Å².